The zero-order chi connectivity index (χ0) is 16.0. The molecule has 10 heteroatoms. The van der Waals surface area contributed by atoms with Gasteiger partial charge in [0.1, 0.15) is 0 Å². The number of hydrogen-bond acceptors (Lipinski definition) is 7. The van der Waals surface area contributed by atoms with Gasteiger partial charge in [-0.1, -0.05) is 6.92 Å². The Morgan fingerprint density at radius 2 is 1.90 bits per heavy atom. The van der Waals surface area contributed by atoms with Crippen molar-refractivity contribution in [3.05, 3.63) is 5.28 Å². The Hall–Kier alpha value is -1.19. The third kappa shape index (κ3) is 5.98. The van der Waals surface area contributed by atoms with Crippen LogP contribution in [-0.4, -0.2) is 67.7 Å². The lowest BCUT2D eigenvalue weighted by molar-refractivity contribution is 0.428. The molecule has 0 radical (unpaired) electrons. The van der Waals surface area contributed by atoms with E-state index in [2.05, 4.69) is 20.3 Å². The van der Waals surface area contributed by atoms with Crippen LogP contribution in [-0.2, 0) is 10.0 Å². The Balaban J connectivity index is 2.53. The quantitative estimate of drug-likeness (QED) is 0.698. The van der Waals surface area contributed by atoms with Crippen LogP contribution in [0.25, 0.3) is 0 Å². The van der Waals surface area contributed by atoms with Gasteiger partial charge in [0.25, 0.3) is 0 Å². The maximum absolute atomic E-state index is 11.4. The summed E-state index contributed by atoms with van der Waals surface area (Å²) in [6.45, 7) is 3.26. The number of nitrogens with one attached hydrogen (secondary N) is 1. The van der Waals surface area contributed by atoms with Crippen molar-refractivity contribution >= 4 is 33.5 Å². The monoisotopic (exact) mass is 336 g/mol. The van der Waals surface area contributed by atoms with Gasteiger partial charge in [0, 0.05) is 33.7 Å². The van der Waals surface area contributed by atoms with Gasteiger partial charge < -0.3 is 10.2 Å². The second kappa shape index (κ2) is 7.71. The topological polar surface area (TPSA) is 91.3 Å². The molecule has 0 saturated heterocycles. The van der Waals surface area contributed by atoms with Crippen molar-refractivity contribution in [2.45, 2.75) is 13.3 Å². The molecule has 120 valence electrons. The van der Waals surface area contributed by atoms with Crippen LogP contribution in [0.15, 0.2) is 0 Å². The van der Waals surface area contributed by atoms with E-state index >= 15 is 0 Å². The first-order valence-corrected chi connectivity index (χ1v) is 8.74. The summed E-state index contributed by atoms with van der Waals surface area (Å²) in [5, 5.41) is 3.13. The molecular weight excluding hydrogens is 316 g/mol. The predicted molar refractivity (Wildman–Crippen MR) is 84.4 cm³/mol. The SMILES string of the molecule is CCN(CCCNc1nc(Cl)nc(N(C)C)n1)S(C)(=O)=O. The molecule has 21 heavy (non-hydrogen) atoms. The molecule has 0 atom stereocenters. The summed E-state index contributed by atoms with van der Waals surface area (Å²) in [6.07, 6.45) is 1.85. The number of halogens is 1. The maximum Gasteiger partial charge on any atom is 0.230 e. The van der Waals surface area contributed by atoms with Crippen LogP contribution in [0.4, 0.5) is 11.9 Å². The van der Waals surface area contributed by atoms with Gasteiger partial charge in [-0.15, -0.1) is 0 Å². The largest absolute Gasteiger partial charge is 0.354 e. The molecule has 0 aromatic carbocycles. The summed E-state index contributed by atoms with van der Waals surface area (Å²) in [7, 11) is 0.464. The van der Waals surface area contributed by atoms with E-state index in [0.29, 0.717) is 38.0 Å². The minimum absolute atomic E-state index is 0.113. The smallest absolute Gasteiger partial charge is 0.230 e. The maximum atomic E-state index is 11.4. The highest BCUT2D eigenvalue weighted by Crippen LogP contribution is 2.11. The third-order valence-electron chi connectivity index (χ3n) is 2.69. The molecular formula is C11H21ClN6O2S. The Morgan fingerprint density at radius 3 is 2.43 bits per heavy atom. The van der Waals surface area contributed by atoms with Crippen LogP contribution < -0.4 is 10.2 Å². The lowest BCUT2D eigenvalue weighted by Crippen LogP contribution is -2.31. The molecule has 0 saturated carbocycles. The number of sulfonamides is 1. The van der Waals surface area contributed by atoms with Gasteiger partial charge >= 0.3 is 0 Å². The van der Waals surface area contributed by atoms with Crippen LogP contribution in [0.3, 0.4) is 0 Å². The zero-order valence-electron chi connectivity index (χ0n) is 12.7. The van der Waals surface area contributed by atoms with Crippen molar-refractivity contribution < 1.29 is 8.42 Å². The van der Waals surface area contributed by atoms with Crippen LogP contribution in [0.5, 0.6) is 0 Å². The molecule has 0 aliphatic rings. The van der Waals surface area contributed by atoms with E-state index in [1.165, 1.54) is 10.6 Å². The highest BCUT2D eigenvalue weighted by molar-refractivity contribution is 7.88. The standard InChI is InChI=1S/C11H21ClN6O2S/c1-5-18(21(4,19)20)8-6-7-13-10-14-9(12)15-11(16-10)17(2)3/h5-8H2,1-4H3,(H,13,14,15,16). The minimum atomic E-state index is -3.15. The number of aromatic nitrogens is 3. The van der Waals surface area contributed by atoms with E-state index in [4.69, 9.17) is 11.6 Å². The molecule has 8 nitrogen and oxygen atoms in total. The fraction of sp³-hybridized carbons (Fsp3) is 0.727. The van der Waals surface area contributed by atoms with E-state index in [9.17, 15) is 8.42 Å². The van der Waals surface area contributed by atoms with E-state index in [1.54, 1.807) is 19.0 Å². The highest BCUT2D eigenvalue weighted by atomic mass is 35.5. The number of hydrogen-bond donors (Lipinski definition) is 1. The molecule has 0 amide bonds. The van der Waals surface area contributed by atoms with Gasteiger partial charge in [0.2, 0.25) is 27.2 Å². The lowest BCUT2D eigenvalue weighted by atomic mass is 10.4. The molecule has 1 aromatic rings. The predicted octanol–water partition coefficient (Wildman–Crippen LogP) is 0.674. The van der Waals surface area contributed by atoms with E-state index < -0.39 is 10.0 Å². The van der Waals surface area contributed by atoms with Gasteiger partial charge in [0.05, 0.1) is 6.26 Å². The van der Waals surface area contributed by atoms with Crippen molar-refractivity contribution in [2.24, 2.45) is 0 Å². The summed E-state index contributed by atoms with van der Waals surface area (Å²) in [5.74, 6) is 0.838. The van der Waals surface area contributed by atoms with Gasteiger partial charge in [-0.2, -0.15) is 15.0 Å². The fourth-order valence-electron chi connectivity index (χ4n) is 1.63. The summed E-state index contributed by atoms with van der Waals surface area (Å²) in [5.41, 5.74) is 0. The molecule has 1 rings (SSSR count). The Morgan fingerprint density at radius 1 is 1.24 bits per heavy atom. The third-order valence-corrected chi connectivity index (χ3v) is 4.23. The average Bonchev–Trinajstić information content (AvgIpc) is 2.36. The van der Waals surface area contributed by atoms with Crippen LogP contribution in [0.1, 0.15) is 13.3 Å². The second-order valence-electron chi connectivity index (χ2n) is 4.66. The number of nitrogens with zero attached hydrogens (tertiary/aromatic N) is 5. The van der Waals surface area contributed by atoms with Gasteiger partial charge in [0.15, 0.2) is 0 Å². The summed E-state index contributed by atoms with van der Waals surface area (Å²) < 4.78 is 24.3. The minimum Gasteiger partial charge on any atom is -0.354 e. The lowest BCUT2D eigenvalue weighted by Gasteiger charge is -2.17. The van der Waals surface area contributed by atoms with E-state index in [-0.39, 0.29) is 5.28 Å². The molecule has 0 fully saturated rings. The Kier molecular flexibility index (Phi) is 6.56. The number of anilines is 2. The summed E-state index contributed by atoms with van der Waals surface area (Å²) >= 11 is 5.82. The van der Waals surface area contributed by atoms with Crippen molar-refractivity contribution in [3.8, 4) is 0 Å². The summed E-state index contributed by atoms with van der Waals surface area (Å²) in [6, 6.07) is 0. The first-order chi connectivity index (χ1) is 9.74. The van der Waals surface area contributed by atoms with Gasteiger partial charge in [-0.25, -0.2) is 12.7 Å². The summed E-state index contributed by atoms with van der Waals surface area (Å²) in [4.78, 5) is 13.9. The van der Waals surface area contributed by atoms with Crippen LogP contribution in [0.2, 0.25) is 5.28 Å². The first kappa shape index (κ1) is 17.9. The number of rotatable bonds is 8. The molecule has 0 unspecified atom stereocenters. The molecule has 0 spiro atoms. The molecule has 1 aromatic heterocycles. The molecule has 1 N–H and O–H groups in total. The Bertz CT molecular complexity index is 566. The second-order valence-corrected chi connectivity index (χ2v) is 6.98. The molecule has 1 heterocycles. The van der Waals surface area contributed by atoms with Crippen molar-refractivity contribution in [1.29, 1.82) is 0 Å². The average molecular weight is 337 g/mol. The molecule has 0 aliphatic heterocycles. The van der Waals surface area contributed by atoms with E-state index in [0.717, 1.165) is 0 Å². The Labute approximate surface area is 130 Å². The molecule has 0 aliphatic carbocycles. The van der Waals surface area contributed by atoms with Gasteiger partial charge in [-0.05, 0) is 18.0 Å². The van der Waals surface area contributed by atoms with Crippen LogP contribution >= 0.6 is 11.6 Å². The fourth-order valence-corrected chi connectivity index (χ4v) is 2.72. The zero-order valence-corrected chi connectivity index (χ0v) is 14.2. The van der Waals surface area contributed by atoms with Crippen molar-refractivity contribution in [3.63, 3.8) is 0 Å². The highest BCUT2D eigenvalue weighted by Gasteiger charge is 2.13. The molecule has 0 bridgehead atoms. The first-order valence-electron chi connectivity index (χ1n) is 6.52. The normalized spacial score (nSPS) is 11.7. The van der Waals surface area contributed by atoms with Crippen molar-refractivity contribution in [2.75, 3.05) is 50.2 Å². The van der Waals surface area contributed by atoms with Crippen molar-refractivity contribution in [1.82, 2.24) is 19.3 Å². The van der Waals surface area contributed by atoms with Gasteiger partial charge in [-0.3, -0.25) is 0 Å². The van der Waals surface area contributed by atoms with E-state index in [1.807, 2.05) is 6.92 Å². The van der Waals surface area contributed by atoms with Crippen LogP contribution in [0, 0.1) is 0 Å².